The van der Waals surface area contributed by atoms with Crippen LogP contribution in [0, 0.1) is 26.6 Å². The Balaban J connectivity index is 1.29. The topological polar surface area (TPSA) is 57.7 Å². The standard InChI is InChI=1S/C34H32FNO4/c1-19-14-22(29-7-5-6-21(3)36-29)15-20(2)33(19)26-10-12-28(35)34-27(26)11-13-30(34)40-24-8-9-25-23(16-32(37)38-4)18-39-31(25)17-24/h5-10,12,14-15,17,23,30H,11,13,16,18H2,1-4H3/t23-,30-/m1/s1. The normalized spacial score (nSPS) is 17.2. The summed E-state index contributed by atoms with van der Waals surface area (Å²) >= 11 is 0. The van der Waals surface area contributed by atoms with Crippen molar-refractivity contribution in [1.82, 2.24) is 4.98 Å². The van der Waals surface area contributed by atoms with Crippen LogP contribution in [0.2, 0.25) is 0 Å². The molecule has 204 valence electrons. The van der Waals surface area contributed by atoms with E-state index in [0.29, 0.717) is 30.1 Å². The number of hydrogen-bond acceptors (Lipinski definition) is 5. The van der Waals surface area contributed by atoms with Crippen LogP contribution >= 0.6 is 0 Å². The Labute approximate surface area is 233 Å². The quantitative estimate of drug-likeness (QED) is 0.237. The van der Waals surface area contributed by atoms with Crippen LogP contribution in [0.1, 0.15) is 58.4 Å². The molecule has 2 atom stereocenters. The summed E-state index contributed by atoms with van der Waals surface area (Å²) in [7, 11) is 1.39. The number of pyridine rings is 1. The van der Waals surface area contributed by atoms with E-state index >= 15 is 4.39 Å². The van der Waals surface area contributed by atoms with Gasteiger partial charge in [-0.15, -0.1) is 0 Å². The van der Waals surface area contributed by atoms with E-state index in [2.05, 4.69) is 26.0 Å². The number of fused-ring (bicyclic) bond motifs is 2. The molecule has 0 unspecified atom stereocenters. The first-order valence-electron chi connectivity index (χ1n) is 13.7. The molecule has 2 heterocycles. The lowest BCUT2D eigenvalue weighted by molar-refractivity contribution is -0.141. The fourth-order valence-corrected chi connectivity index (χ4v) is 6.21. The number of carbonyl (C=O) groups is 1. The second-order valence-corrected chi connectivity index (χ2v) is 10.8. The summed E-state index contributed by atoms with van der Waals surface area (Å²) in [5.41, 5.74) is 10.1. The number of nitrogens with zero attached hydrogens (tertiary/aromatic N) is 1. The molecule has 1 aliphatic heterocycles. The minimum absolute atomic E-state index is 0.0386. The molecule has 3 aromatic carbocycles. The Morgan fingerprint density at radius 1 is 1.05 bits per heavy atom. The number of methoxy groups -OCH3 is 1. The van der Waals surface area contributed by atoms with Gasteiger partial charge in [-0.3, -0.25) is 9.78 Å². The van der Waals surface area contributed by atoms with Gasteiger partial charge in [-0.2, -0.15) is 0 Å². The molecule has 0 radical (unpaired) electrons. The molecule has 0 saturated heterocycles. The van der Waals surface area contributed by atoms with E-state index in [0.717, 1.165) is 56.8 Å². The number of hydrogen-bond donors (Lipinski definition) is 0. The molecule has 6 heteroatoms. The van der Waals surface area contributed by atoms with E-state index in [1.54, 1.807) is 6.07 Å². The van der Waals surface area contributed by atoms with Gasteiger partial charge in [0.05, 0.1) is 25.8 Å². The second kappa shape index (κ2) is 10.4. The fourth-order valence-electron chi connectivity index (χ4n) is 6.21. The zero-order chi connectivity index (χ0) is 28.0. The van der Waals surface area contributed by atoms with E-state index in [4.69, 9.17) is 19.2 Å². The highest BCUT2D eigenvalue weighted by atomic mass is 19.1. The van der Waals surface area contributed by atoms with Gasteiger partial charge < -0.3 is 14.2 Å². The highest BCUT2D eigenvalue weighted by molar-refractivity contribution is 5.79. The zero-order valence-corrected chi connectivity index (χ0v) is 23.2. The van der Waals surface area contributed by atoms with E-state index in [1.807, 2.05) is 49.4 Å². The van der Waals surface area contributed by atoms with Crippen molar-refractivity contribution in [2.45, 2.75) is 52.1 Å². The smallest absolute Gasteiger partial charge is 0.306 e. The molecular formula is C34H32FNO4. The summed E-state index contributed by atoms with van der Waals surface area (Å²) in [5.74, 6) is 0.786. The molecule has 0 bridgehead atoms. The third-order valence-corrected chi connectivity index (χ3v) is 8.05. The number of carbonyl (C=O) groups excluding carboxylic acids is 1. The Morgan fingerprint density at radius 2 is 1.85 bits per heavy atom. The fraction of sp³-hybridized carbons (Fsp3) is 0.294. The van der Waals surface area contributed by atoms with Crippen molar-refractivity contribution < 1.29 is 23.4 Å². The largest absolute Gasteiger partial charge is 0.492 e. The predicted molar refractivity (Wildman–Crippen MR) is 152 cm³/mol. The molecule has 2 aliphatic rings. The maximum absolute atomic E-state index is 15.3. The number of ether oxygens (including phenoxy) is 3. The summed E-state index contributed by atoms with van der Waals surface area (Å²) in [6.45, 7) is 6.64. The summed E-state index contributed by atoms with van der Waals surface area (Å²) < 4.78 is 32.4. The molecule has 1 aliphatic carbocycles. The first kappa shape index (κ1) is 26.1. The van der Waals surface area contributed by atoms with Crippen molar-refractivity contribution in [3.05, 3.63) is 100.0 Å². The minimum Gasteiger partial charge on any atom is -0.492 e. The summed E-state index contributed by atoms with van der Waals surface area (Å²) in [6.07, 6.45) is 1.30. The third-order valence-electron chi connectivity index (χ3n) is 8.05. The van der Waals surface area contributed by atoms with Crippen LogP contribution in [0.15, 0.2) is 60.7 Å². The van der Waals surface area contributed by atoms with Gasteiger partial charge in [0, 0.05) is 34.4 Å². The summed E-state index contributed by atoms with van der Waals surface area (Å²) in [4.78, 5) is 16.4. The molecule has 0 N–H and O–H groups in total. The SMILES string of the molecule is COC(=O)C[C@@H]1COc2cc(O[C@@H]3CCc4c(-c5c(C)cc(-c6cccc(C)n6)cc5C)ccc(F)c43)ccc21. The highest BCUT2D eigenvalue weighted by Crippen LogP contribution is 2.45. The van der Waals surface area contributed by atoms with E-state index in [1.165, 1.54) is 7.11 Å². The van der Waals surface area contributed by atoms with Crippen LogP contribution in [-0.4, -0.2) is 24.7 Å². The molecule has 0 amide bonds. The monoisotopic (exact) mass is 537 g/mol. The average Bonchev–Trinajstić information content (AvgIpc) is 3.54. The van der Waals surface area contributed by atoms with Crippen molar-refractivity contribution in [2.75, 3.05) is 13.7 Å². The molecule has 1 aromatic heterocycles. The molecule has 4 aromatic rings. The molecule has 0 fully saturated rings. The number of rotatable bonds is 6. The van der Waals surface area contributed by atoms with Crippen LogP contribution < -0.4 is 9.47 Å². The number of aromatic nitrogens is 1. The first-order chi connectivity index (χ1) is 19.3. The van der Waals surface area contributed by atoms with Gasteiger partial charge in [-0.1, -0.05) is 18.2 Å². The second-order valence-electron chi connectivity index (χ2n) is 10.8. The Morgan fingerprint density at radius 3 is 2.60 bits per heavy atom. The van der Waals surface area contributed by atoms with Gasteiger partial charge in [0.2, 0.25) is 0 Å². The van der Waals surface area contributed by atoms with Crippen molar-refractivity contribution in [2.24, 2.45) is 0 Å². The first-order valence-corrected chi connectivity index (χ1v) is 13.7. The van der Waals surface area contributed by atoms with Crippen LogP contribution in [0.4, 0.5) is 4.39 Å². The maximum Gasteiger partial charge on any atom is 0.306 e. The van der Waals surface area contributed by atoms with Crippen LogP contribution in [-0.2, 0) is 16.0 Å². The van der Waals surface area contributed by atoms with E-state index < -0.39 is 6.10 Å². The zero-order valence-electron chi connectivity index (χ0n) is 23.2. The van der Waals surface area contributed by atoms with Crippen LogP contribution in [0.5, 0.6) is 11.5 Å². The number of benzene rings is 3. The van der Waals surface area contributed by atoms with Crippen LogP contribution in [0.3, 0.4) is 0 Å². The van der Waals surface area contributed by atoms with Gasteiger partial charge in [0.25, 0.3) is 0 Å². The van der Waals surface area contributed by atoms with Gasteiger partial charge in [0.15, 0.2) is 0 Å². The lowest BCUT2D eigenvalue weighted by atomic mass is 9.88. The maximum atomic E-state index is 15.3. The van der Waals surface area contributed by atoms with Crippen molar-refractivity contribution >= 4 is 5.97 Å². The summed E-state index contributed by atoms with van der Waals surface area (Å²) in [5, 5.41) is 0. The van der Waals surface area contributed by atoms with Crippen molar-refractivity contribution in [3.8, 4) is 33.9 Å². The van der Waals surface area contributed by atoms with Gasteiger partial charge in [-0.05, 0) is 97.8 Å². The summed E-state index contributed by atoms with van der Waals surface area (Å²) in [6, 6.07) is 19.5. The Hall–Kier alpha value is -4.19. The van der Waals surface area contributed by atoms with E-state index in [9.17, 15) is 4.79 Å². The van der Waals surface area contributed by atoms with Gasteiger partial charge in [-0.25, -0.2) is 4.39 Å². The lowest BCUT2D eigenvalue weighted by Crippen LogP contribution is -2.09. The average molecular weight is 538 g/mol. The van der Waals surface area contributed by atoms with E-state index in [-0.39, 0.29) is 24.1 Å². The molecular weight excluding hydrogens is 505 g/mol. The minimum atomic E-state index is -0.392. The van der Waals surface area contributed by atoms with Crippen molar-refractivity contribution in [1.29, 1.82) is 0 Å². The predicted octanol–water partition coefficient (Wildman–Crippen LogP) is 7.59. The van der Waals surface area contributed by atoms with Crippen LogP contribution in [0.25, 0.3) is 22.4 Å². The third kappa shape index (κ3) is 4.72. The van der Waals surface area contributed by atoms with Gasteiger partial charge >= 0.3 is 5.97 Å². The van der Waals surface area contributed by atoms with Gasteiger partial charge in [0.1, 0.15) is 23.4 Å². The molecule has 0 spiro atoms. The van der Waals surface area contributed by atoms with Crippen molar-refractivity contribution in [3.63, 3.8) is 0 Å². The number of halogens is 1. The number of esters is 1. The molecule has 6 rings (SSSR count). The Kier molecular flexibility index (Phi) is 6.78. The highest BCUT2D eigenvalue weighted by Gasteiger charge is 2.32. The molecule has 40 heavy (non-hydrogen) atoms. The molecule has 0 saturated carbocycles. The Bertz CT molecular complexity index is 1610. The lowest BCUT2D eigenvalue weighted by Gasteiger charge is -2.19. The molecule has 5 nitrogen and oxygen atoms in total. The number of aryl methyl sites for hydroxylation is 3.